The van der Waals surface area contributed by atoms with Gasteiger partial charge in [-0.25, -0.2) is 19.9 Å². The van der Waals surface area contributed by atoms with Crippen molar-refractivity contribution in [3.05, 3.63) is 121 Å². The molecule has 0 fully saturated rings. The molecule has 0 spiro atoms. The summed E-state index contributed by atoms with van der Waals surface area (Å²) < 4.78 is 2.53. The summed E-state index contributed by atoms with van der Waals surface area (Å²) >= 11 is 1.83. The molecule has 0 unspecified atom stereocenters. The largest absolute Gasteiger partial charge is 0.236 e. The minimum absolute atomic E-state index is 0.421. The van der Waals surface area contributed by atoms with Gasteiger partial charge in [-0.05, 0) is 26.0 Å². The minimum Gasteiger partial charge on any atom is -0.236 e. The number of hydrogen-bond donors (Lipinski definition) is 0. The zero-order valence-electron chi connectivity index (χ0n) is 22.1. The summed E-state index contributed by atoms with van der Waals surface area (Å²) in [4.78, 5) is 20.5. The SMILES string of the molecule is CC1(C)c2nc(-c3ccccc3)ncc2-c2nc(-c3ccccc3)nc(-c3cccc4sc5ccccc5c34)c21. The summed E-state index contributed by atoms with van der Waals surface area (Å²) in [6.45, 7) is 4.47. The van der Waals surface area contributed by atoms with E-state index in [0.717, 1.165) is 50.7 Å². The lowest BCUT2D eigenvalue weighted by Gasteiger charge is -2.23. The highest BCUT2D eigenvalue weighted by molar-refractivity contribution is 7.25. The monoisotopic (exact) mass is 532 g/mol. The van der Waals surface area contributed by atoms with Gasteiger partial charge in [0.05, 0.1) is 17.1 Å². The molecule has 0 bridgehead atoms. The van der Waals surface area contributed by atoms with Crippen molar-refractivity contribution < 1.29 is 0 Å². The first-order valence-corrected chi connectivity index (χ1v) is 14.2. The van der Waals surface area contributed by atoms with Gasteiger partial charge in [-0.15, -0.1) is 11.3 Å². The number of fused-ring (bicyclic) bond motifs is 6. The van der Waals surface area contributed by atoms with Gasteiger partial charge in [0.25, 0.3) is 0 Å². The molecule has 0 radical (unpaired) electrons. The highest BCUT2D eigenvalue weighted by Crippen LogP contribution is 2.52. The predicted molar refractivity (Wildman–Crippen MR) is 164 cm³/mol. The van der Waals surface area contributed by atoms with Crippen LogP contribution in [0.1, 0.15) is 25.1 Å². The van der Waals surface area contributed by atoms with Gasteiger partial charge in [-0.2, -0.15) is 0 Å². The Morgan fingerprint density at radius 3 is 1.95 bits per heavy atom. The van der Waals surface area contributed by atoms with Crippen LogP contribution in [0.25, 0.3) is 65.5 Å². The minimum atomic E-state index is -0.421. The molecule has 0 amide bonds. The molecule has 40 heavy (non-hydrogen) atoms. The first-order valence-electron chi connectivity index (χ1n) is 13.4. The smallest absolute Gasteiger partial charge is 0.160 e. The average Bonchev–Trinajstić information content (AvgIpc) is 3.50. The Labute approximate surface area is 236 Å². The van der Waals surface area contributed by atoms with E-state index in [4.69, 9.17) is 19.9 Å². The Morgan fingerprint density at radius 2 is 1.20 bits per heavy atom. The Morgan fingerprint density at radius 1 is 0.575 bits per heavy atom. The third-order valence-corrected chi connectivity index (χ3v) is 9.03. The van der Waals surface area contributed by atoms with E-state index >= 15 is 0 Å². The standard InChI is InChI=1S/C35H24N4S/c1-35(2)29-30(24-17-11-19-27-28(24)23-16-9-10-18-26(23)40-27)37-34(22-14-7-4-8-15-22)38-31(29)25-20-36-33(39-32(25)35)21-12-5-3-6-13-21/h3-20H,1-2H3. The van der Waals surface area contributed by atoms with Crippen LogP contribution in [0.5, 0.6) is 0 Å². The highest BCUT2D eigenvalue weighted by Gasteiger charge is 2.42. The zero-order chi connectivity index (χ0) is 26.8. The topological polar surface area (TPSA) is 51.6 Å². The van der Waals surface area contributed by atoms with Crippen LogP contribution < -0.4 is 0 Å². The van der Waals surface area contributed by atoms with E-state index in [1.807, 2.05) is 53.9 Å². The molecule has 190 valence electrons. The molecular formula is C35H24N4S. The van der Waals surface area contributed by atoms with Gasteiger partial charge in [-0.1, -0.05) is 91.0 Å². The maximum Gasteiger partial charge on any atom is 0.160 e. The molecule has 1 aliphatic carbocycles. The molecule has 4 nitrogen and oxygen atoms in total. The summed E-state index contributed by atoms with van der Waals surface area (Å²) in [5.41, 5.74) is 7.64. The predicted octanol–water partition coefficient (Wildman–Crippen LogP) is 8.94. The van der Waals surface area contributed by atoms with Crippen molar-refractivity contribution in [3.8, 4) is 45.3 Å². The fraction of sp³-hybridized carbons (Fsp3) is 0.0857. The van der Waals surface area contributed by atoms with Gasteiger partial charge in [0.2, 0.25) is 0 Å². The fourth-order valence-electron chi connectivity index (χ4n) is 6.01. The van der Waals surface area contributed by atoms with Crippen molar-refractivity contribution in [2.45, 2.75) is 19.3 Å². The number of hydrogen-bond acceptors (Lipinski definition) is 5. The van der Waals surface area contributed by atoms with Gasteiger partial charge in [0.1, 0.15) is 0 Å². The Balaban J connectivity index is 1.45. The van der Waals surface area contributed by atoms with Gasteiger partial charge >= 0.3 is 0 Å². The molecule has 5 heteroatoms. The molecule has 0 saturated heterocycles. The van der Waals surface area contributed by atoms with Crippen LogP contribution in [-0.2, 0) is 5.41 Å². The fourth-order valence-corrected chi connectivity index (χ4v) is 7.14. The molecule has 0 aliphatic heterocycles. The van der Waals surface area contributed by atoms with E-state index in [-0.39, 0.29) is 0 Å². The van der Waals surface area contributed by atoms with Crippen molar-refractivity contribution in [2.24, 2.45) is 0 Å². The quantitative estimate of drug-likeness (QED) is 0.228. The van der Waals surface area contributed by atoms with Gasteiger partial charge in [-0.3, -0.25) is 0 Å². The molecule has 3 aromatic heterocycles. The second-order valence-electron chi connectivity index (χ2n) is 10.7. The zero-order valence-corrected chi connectivity index (χ0v) is 22.9. The van der Waals surface area contributed by atoms with Crippen molar-refractivity contribution in [3.63, 3.8) is 0 Å². The summed E-state index contributed by atoms with van der Waals surface area (Å²) in [6, 6.07) is 35.6. The van der Waals surface area contributed by atoms with Crippen molar-refractivity contribution in [1.29, 1.82) is 0 Å². The second-order valence-corrected chi connectivity index (χ2v) is 11.8. The third kappa shape index (κ3) is 3.38. The first-order chi connectivity index (χ1) is 19.6. The average molecular weight is 533 g/mol. The maximum atomic E-state index is 5.33. The Bertz CT molecular complexity index is 2080. The Kier molecular flexibility index (Phi) is 5.00. The molecule has 7 aromatic rings. The number of thiophene rings is 1. The molecule has 0 atom stereocenters. The highest BCUT2D eigenvalue weighted by atomic mass is 32.1. The molecule has 4 aromatic carbocycles. The van der Waals surface area contributed by atoms with Gasteiger partial charge in [0, 0.05) is 59.6 Å². The van der Waals surface area contributed by atoms with Crippen molar-refractivity contribution >= 4 is 31.5 Å². The van der Waals surface area contributed by atoms with E-state index in [2.05, 4.69) is 80.6 Å². The Hall–Kier alpha value is -4.74. The first kappa shape index (κ1) is 23.2. The van der Waals surface area contributed by atoms with E-state index in [1.54, 1.807) is 0 Å². The van der Waals surface area contributed by atoms with Gasteiger partial charge < -0.3 is 0 Å². The van der Waals surface area contributed by atoms with Crippen LogP contribution in [0.3, 0.4) is 0 Å². The van der Waals surface area contributed by atoms with E-state index < -0.39 is 5.41 Å². The van der Waals surface area contributed by atoms with Crippen LogP contribution in [0.4, 0.5) is 0 Å². The van der Waals surface area contributed by atoms with Gasteiger partial charge in [0.15, 0.2) is 11.6 Å². The molecule has 1 aliphatic rings. The number of rotatable bonds is 3. The molecule has 0 N–H and O–H groups in total. The number of benzene rings is 4. The molecule has 8 rings (SSSR count). The maximum absolute atomic E-state index is 5.33. The lowest BCUT2D eigenvalue weighted by molar-refractivity contribution is 0.634. The van der Waals surface area contributed by atoms with Crippen LogP contribution >= 0.6 is 11.3 Å². The lowest BCUT2D eigenvalue weighted by Crippen LogP contribution is -2.19. The van der Waals surface area contributed by atoms with Crippen LogP contribution in [0, 0.1) is 0 Å². The number of nitrogens with zero attached hydrogens (tertiary/aromatic N) is 4. The van der Waals surface area contributed by atoms with E-state index in [0.29, 0.717) is 5.82 Å². The molecule has 0 saturated carbocycles. The summed E-state index contributed by atoms with van der Waals surface area (Å²) in [5, 5.41) is 2.50. The van der Waals surface area contributed by atoms with Crippen molar-refractivity contribution in [1.82, 2.24) is 19.9 Å². The summed E-state index contributed by atoms with van der Waals surface area (Å²) in [7, 11) is 0. The third-order valence-electron chi connectivity index (χ3n) is 7.89. The summed E-state index contributed by atoms with van der Waals surface area (Å²) in [6.07, 6.45) is 1.95. The second kappa shape index (κ2) is 8.63. The van der Waals surface area contributed by atoms with Crippen LogP contribution in [-0.4, -0.2) is 19.9 Å². The van der Waals surface area contributed by atoms with Crippen LogP contribution in [0.2, 0.25) is 0 Å². The molecular weight excluding hydrogens is 508 g/mol. The number of aromatic nitrogens is 4. The van der Waals surface area contributed by atoms with E-state index in [1.165, 1.54) is 20.2 Å². The van der Waals surface area contributed by atoms with Crippen molar-refractivity contribution in [2.75, 3.05) is 0 Å². The molecule has 3 heterocycles. The lowest BCUT2D eigenvalue weighted by atomic mass is 9.82. The van der Waals surface area contributed by atoms with Crippen LogP contribution in [0.15, 0.2) is 109 Å². The normalized spacial score (nSPS) is 13.4. The van der Waals surface area contributed by atoms with E-state index in [9.17, 15) is 0 Å². The summed E-state index contributed by atoms with van der Waals surface area (Å²) in [5.74, 6) is 1.44.